The number of nitrogens with one attached hydrogen (secondary N) is 2. The van der Waals surface area contributed by atoms with Crippen molar-refractivity contribution in [1.82, 2.24) is 5.32 Å². The molecule has 0 spiro atoms. The lowest BCUT2D eigenvalue weighted by Gasteiger charge is -2.17. The molecule has 0 saturated carbocycles. The smallest absolute Gasteiger partial charge is 0.357 e. The van der Waals surface area contributed by atoms with Gasteiger partial charge < -0.3 is 10.6 Å². The van der Waals surface area contributed by atoms with Gasteiger partial charge in [-0.2, -0.15) is 13.2 Å². The first kappa shape index (κ1) is 15.7. The summed E-state index contributed by atoms with van der Waals surface area (Å²) in [5, 5.41) is 7.89. The molecule has 0 radical (unpaired) electrons. The second kappa shape index (κ2) is 6.16. The van der Waals surface area contributed by atoms with Gasteiger partial charge in [-0.05, 0) is 35.7 Å². The summed E-state index contributed by atoms with van der Waals surface area (Å²) < 4.78 is 51.4. The first-order chi connectivity index (χ1) is 10.9. The fourth-order valence-corrected chi connectivity index (χ4v) is 3.03. The Labute approximate surface area is 134 Å². The zero-order valence-corrected chi connectivity index (χ0v) is 12.5. The van der Waals surface area contributed by atoms with Gasteiger partial charge in [-0.25, -0.2) is 4.39 Å². The summed E-state index contributed by atoms with van der Waals surface area (Å²) in [5.74, 6) is -0.343. The minimum absolute atomic E-state index is 0.322. The number of thioether (sulfide) groups is 1. The average molecular weight is 340 g/mol. The minimum atomic E-state index is -4.38. The van der Waals surface area contributed by atoms with Crippen LogP contribution >= 0.6 is 11.8 Å². The average Bonchev–Trinajstić information content (AvgIpc) is 2.95. The zero-order valence-electron chi connectivity index (χ0n) is 11.7. The molecule has 2 N–H and O–H groups in total. The van der Waals surface area contributed by atoms with E-state index in [1.165, 1.54) is 30.0 Å². The predicted molar refractivity (Wildman–Crippen MR) is 84.0 cm³/mol. The van der Waals surface area contributed by atoms with Crippen molar-refractivity contribution < 1.29 is 17.6 Å². The molecule has 120 valence electrons. The van der Waals surface area contributed by atoms with E-state index in [-0.39, 0.29) is 11.3 Å². The van der Waals surface area contributed by atoms with Crippen molar-refractivity contribution in [1.29, 1.82) is 0 Å². The molecule has 1 heterocycles. The van der Waals surface area contributed by atoms with E-state index in [2.05, 4.69) is 10.6 Å². The van der Waals surface area contributed by atoms with Crippen molar-refractivity contribution in [3.05, 3.63) is 70.9 Å². The molecule has 23 heavy (non-hydrogen) atoms. The van der Waals surface area contributed by atoms with Crippen LogP contribution in [-0.4, -0.2) is 5.50 Å². The Morgan fingerprint density at radius 2 is 1.83 bits per heavy atom. The van der Waals surface area contributed by atoms with Crippen molar-refractivity contribution in [2.24, 2.45) is 0 Å². The maximum atomic E-state index is 13.2. The van der Waals surface area contributed by atoms with E-state index in [0.29, 0.717) is 11.3 Å². The summed E-state index contributed by atoms with van der Waals surface area (Å²) in [7, 11) is 0. The predicted octanol–water partition coefficient (Wildman–Crippen LogP) is 4.88. The molecule has 2 nitrogen and oxygen atoms in total. The Morgan fingerprint density at radius 1 is 1.04 bits per heavy atom. The Balaban J connectivity index is 1.68. The SMILES string of the molecule is Fc1cccc(C2=CSC(Nc3cccc(C(F)(F)F)c3)N2)c1. The summed E-state index contributed by atoms with van der Waals surface area (Å²) in [6.07, 6.45) is -4.38. The van der Waals surface area contributed by atoms with Gasteiger partial charge in [0, 0.05) is 11.3 Å². The van der Waals surface area contributed by atoms with Crippen LogP contribution in [-0.2, 0) is 6.18 Å². The van der Waals surface area contributed by atoms with Gasteiger partial charge in [0.05, 0.1) is 11.3 Å². The van der Waals surface area contributed by atoms with Crippen molar-refractivity contribution in [3.63, 3.8) is 0 Å². The number of halogens is 4. The number of hydrogen-bond acceptors (Lipinski definition) is 3. The molecular formula is C16H12F4N2S. The largest absolute Gasteiger partial charge is 0.416 e. The van der Waals surface area contributed by atoms with E-state index >= 15 is 0 Å². The molecule has 3 rings (SSSR count). The van der Waals surface area contributed by atoms with Gasteiger partial charge in [0.25, 0.3) is 0 Å². The van der Waals surface area contributed by atoms with E-state index < -0.39 is 11.7 Å². The van der Waals surface area contributed by atoms with Crippen LogP contribution in [0.25, 0.3) is 5.70 Å². The van der Waals surface area contributed by atoms with E-state index in [9.17, 15) is 17.6 Å². The molecule has 0 amide bonds. The molecular weight excluding hydrogens is 328 g/mol. The maximum absolute atomic E-state index is 13.2. The monoisotopic (exact) mass is 340 g/mol. The second-order valence-electron chi connectivity index (χ2n) is 4.93. The molecule has 0 fully saturated rings. The van der Waals surface area contributed by atoms with Crippen LogP contribution in [0.15, 0.2) is 53.9 Å². The van der Waals surface area contributed by atoms with E-state index in [1.54, 1.807) is 23.6 Å². The van der Waals surface area contributed by atoms with Crippen molar-refractivity contribution in [3.8, 4) is 0 Å². The topological polar surface area (TPSA) is 24.1 Å². The number of hydrogen-bond donors (Lipinski definition) is 2. The van der Waals surface area contributed by atoms with Gasteiger partial charge >= 0.3 is 6.18 Å². The highest BCUT2D eigenvalue weighted by atomic mass is 32.2. The van der Waals surface area contributed by atoms with Gasteiger partial charge in [0.15, 0.2) is 0 Å². The molecule has 0 aromatic heterocycles. The fourth-order valence-electron chi connectivity index (χ4n) is 2.16. The Hall–Kier alpha value is -2.15. The standard InChI is InChI=1S/C16H12F4N2S/c17-12-5-1-3-10(7-12)14-9-23-15(22-14)21-13-6-2-4-11(8-13)16(18,19)20/h1-9,15,21-22H. The first-order valence-corrected chi connectivity index (χ1v) is 7.68. The van der Waals surface area contributed by atoms with Crippen LogP contribution in [0.3, 0.4) is 0 Å². The first-order valence-electron chi connectivity index (χ1n) is 6.74. The molecule has 2 aromatic rings. The lowest BCUT2D eigenvalue weighted by atomic mass is 10.2. The van der Waals surface area contributed by atoms with Crippen LogP contribution in [0.4, 0.5) is 23.2 Å². The molecule has 0 saturated heterocycles. The molecule has 0 bridgehead atoms. The number of alkyl halides is 3. The molecule has 1 aliphatic rings. The van der Waals surface area contributed by atoms with Crippen LogP contribution < -0.4 is 10.6 Å². The molecule has 1 atom stereocenters. The highest BCUT2D eigenvalue weighted by Gasteiger charge is 2.30. The molecule has 7 heteroatoms. The maximum Gasteiger partial charge on any atom is 0.416 e. The third-order valence-electron chi connectivity index (χ3n) is 3.23. The van der Waals surface area contributed by atoms with Crippen molar-refractivity contribution in [2.75, 3.05) is 5.32 Å². The summed E-state index contributed by atoms with van der Waals surface area (Å²) in [6.45, 7) is 0. The van der Waals surface area contributed by atoms with Crippen molar-refractivity contribution >= 4 is 23.1 Å². The number of benzene rings is 2. The van der Waals surface area contributed by atoms with Crippen LogP contribution in [0.1, 0.15) is 11.1 Å². The number of anilines is 1. The highest BCUT2D eigenvalue weighted by molar-refractivity contribution is 8.03. The zero-order chi connectivity index (χ0) is 16.4. The summed E-state index contributed by atoms with van der Waals surface area (Å²) in [4.78, 5) is 0. The summed E-state index contributed by atoms with van der Waals surface area (Å²) >= 11 is 1.37. The van der Waals surface area contributed by atoms with E-state index in [1.807, 2.05) is 0 Å². The van der Waals surface area contributed by atoms with E-state index in [4.69, 9.17) is 0 Å². The number of rotatable bonds is 3. The van der Waals surface area contributed by atoms with E-state index in [0.717, 1.165) is 17.8 Å². The fraction of sp³-hybridized carbons (Fsp3) is 0.125. The Bertz CT molecular complexity index is 743. The van der Waals surface area contributed by atoms with Gasteiger partial charge in [0.2, 0.25) is 0 Å². The summed E-state index contributed by atoms with van der Waals surface area (Å²) in [5.41, 5.74) is 0.740. The molecule has 1 unspecified atom stereocenters. The Morgan fingerprint density at radius 3 is 2.57 bits per heavy atom. The van der Waals surface area contributed by atoms with Crippen LogP contribution in [0.5, 0.6) is 0 Å². The van der Waals surface area contributed by atoms with Gasteiger partial charge in [-0.3, -0.25) is 0 Å². The minimum Gasteiger partial charge on any atom is -0.357 e. The van der Waals surface area contributed by atoms with Crippen LogP contribution in [0, 0.1) is 5.82 Å². The van der Waals surface area contributed by atoms with Gasteiger partial charge in [0.1, 0.15) is 11.3 Å². The van der Waals surface area contributed by atoms with Crippen molar-refractivity contribution in [2.45, 2.75) is 11.7 Å². The lowest BCUT2D eigenvalue weighted by molar-refractivity contribution is -0.137. The lowest BCUT2D eigenvalue weighted by Crippen LogP contribution is -2.28. The quantitative estimate of drug-likeness (QED) is 0.779. The second-order valence-corrected chi connectivity index (χ2v) is 5.90. The molecule has 0 aliphatic carbocycles. The van der Waals surface area contributed by atoms with Gasteiger partial charge in [-0.1, -0.05) is 30.0 Å². The third kappa shape index (κ3) is 3.79. The third-order valence-corrected chi connectivity index (χ3v) is 4.11. The Kier molecular flexibility index (Phi) is 4.21. The van der Waals surface area contributed by atoms with Gasteiger partial charge in [-0.15, -0.1) is 0 Å². The summed E-state index contributed by atoms with van der Waals surface area (Å²) in [6, 6.07) is 11.1. The van der Waals surface area contributed by atoms with Crippen LogP contribution in [0.2, 0.25) is 0 Å². The normalized spacial score (nSPS) is 17.6. The molecule has 1 aliphatic heterocycles. The highest BCUT2D eigenvalue weighted by Crippen LogP contribution is 2.32. The molecule has 2 aromatic carbocycles.